The molecule has 1 amide bonds. The van der Waals surface area contributed by atoms with Gasteiger partial charge in [0, 0.05) is 12.8 Å². The van der Waals surface area contributed by atoms with Gasteiger partial charge >= 0.3 is 0 Å². The Morgan fingerprint density at radius 2 is 1.95 bits per heavy atom. The highest BCUT2D eigenvalue weighted by Crippen LogP contribution is 2.35. The summed E-state index contributed by atoms with van der Waals surface area (Å²) in [4.78, 5) is 12.1. The normalized spacial score (nSPS) is 23.3. The minimum absolute atomic E-state index is 0.0139. The number of hydrogen-bond acceptors (Lipinski definition) is 3. The SMILES string of the molecule is CS(=O)(=O)CCC1(Cc2ccccc2)CCNC1=O. The van der Waals surface area contributed by atoms with Gasteiger partial charge in [-0.1, -0.05) is 30.3 Å². The molecule has 2 rings (SSSR count). The van der Waals surface area contributed by atoms with Crippen molar-refractivity contribution in [1.29, 1.82) is 0 Å². The number of rotatable bonds is 5. The number of nitrogens with one attached hydrogen (secondary N) is 1. The van der Waals surface area contributed by atoms with E-state index in [2.05, 4.69) is 5.32 Å². The highest BCUT2D eigenvalue weighted by atomic mass is 32.2. The molecular formula is C14H19NO3S. The van der Waals surface area contributed by atoms with E-state index in [4.69, 9.17) is 0 Å². The molecule has 0 aromatic heterocycles. The molecule has 1 unspecified atom stereocenters. The molecular weight excluding hydrogens is 262 g/mol. The first-order chi connectivity index (χ1) is 8.91. The first kappa shape index (κ1) is 14.1. The van der Waals surface area contributed by atoms with Crippen LogP contribution in [-0.2, 0) is 21.1 Å². The van der Waals surface area contributed by atoms with Crippen LogP contribution in [0.5, 0.6) is 0 Å². The maximum Gasteiger partial charge on any atom is 0.226 e. The molecule has 1 aliphatic heterocycles. The molecule has 1 aromatic rings. The van der Waals surface area contributed by atoms with Gasteiger partial charge in [-0.3, -0.25) is 4.79 Å². The summed E-state index contributed by atoms with van der Waals surface area (Å²) in [6, 6.07) is 9.77. The number of amides is 1. The Morgan fingerprint density at radius 1 is 1.26 bits per heavy atom. The van der Waals surface area contributed by atoms with Gasteiger partial charge in [0.05, 0.1) is 11.2 Å². The van der Waals surface area contributed by atoms with Gasteiger partial charge in [0.1, 0.15) is 9.84 Å². The smallest absolute Gasteiger partial charge is 0.226 e. The summed E-state index contributed by atoms with van der Waals surface area (Å²) in [5.74, 6) is 0.0489. The minimum atomic E-state index is -3.05. The molecule has 19 heavy (non-hydrogen) atoms. The molecule has 0 aliphatic carbocycles. The minimum Gasteiger partial charge on any atom is -0.356 e. The molecule has 1 fully saturated rings. The molecule has 104 valence electrons. The van der Waals surface area contributed by atoms with Crippen LogP contribution >= 0.6 is 0 Å². The molecule has 0 bridgehead atoms. The fourth-order valence-electron chi connectivity index (χ4n) is 2.58. The molecule has 0 saturated carbocycles. The summed E-state index contributed by atoms with van der Waals surface area (Å²) in [6.45, 7) is 0.634. The first-order valence-corrected chi connectivity index (χ1v) is 8.47. The van der Waals surface area contributed by atoms with Crippen LogP contribution in [0, 0.1) is 5.41 Å². The molecule has 1 N–H and O–H groups in total. The van der Waals surface area contributed by atoms with Gasteiger partial charge in [-0.05, 0) is 24.8 Å². The summed E-state index contributed by atoms with van der Waals surface area (Å²) >= 11 is 0. The van der Waals surface area contributed by atoms with E-state index >= 15 is 0 Å². The molecule has 1 heterocycles. The average Bonchev–Trinajstić information content (AvgIpc) is 2.69. The van der Waals surface area contributed by atoms with E-state index in [1.807, 2.05) is 30.3 Å². The summed E-state index contributed by atoms with van der Waals surface area (Å²) in [5, 5.41) is 2.83. The van der Waals surface area contributed by atoms with Crippen molar-refractivity contribution < 1.29 is 13.2 Å². The maximum absolute atomic E-state index is 12.1. The summed E-state index contributed by atoms with van der Waals surface area (Å²) in [7, 11) is -3.05. The van der Waals surface area contributed by atoms with Gasteiger partial charge in [0.25, 0.3) is 0 Å². The summed E-state index contributed by atoms with van der Waals surface area (Å²) in [5.41, 5.74) is 0.512. The van der Waals surface area contributed by atoms with Crippen molar-refractivity contribution in [3.05, 3.63) is 35.9 Å². The van der Waals surface area contributed by atoms with Crippen molar-refractivity contribution in [3.63, 3.8) is 0 Å². The molecule has 0 spiro atoms. The Bertz CT molecular complexity index is 553. The lowest BCUT2D eigenvalue weighted by molar-refractivity contribution is -0.127. The molecule has 5 heteroatoms. The lowest BCUT2D eigenvalue weighted by Gasteiger charge is -2.25. The van der Waals surface area contributed by atoms with E-state index in [9.17, 15) is 13.2 Å². The second kappa shape index (κ2) is 5.33. The van der Waals surface area contributed by atoms with Crippen LogP contribution in [0.15, 0.2) is 30.3 Å². The Labute approximate surface area is 114 Å². The highest BCUT2D eigenvalue weighted by molar-refractivity contribution is 7.90. The number of benzene rings is 1. The average molecular weight is 281 g/mol. The zero-order chi connectivity index (χ0) is 13.9. The topological polar surface area (TPSA) is 63.2 Å². The number of carbonyl (C=O) groups is 1. The van der Waals surface area contributed by atoms with Crippen molar-refractivity contribution in [2.75, 3.05) is 18.6 Å². The fourth-order valence-corrected chi connectivity index (χ4v) is 3.34. The highest BCUT2D eigenvalue weighted by Gasteiger charge is 2.42. The second-order valence-corrected chi connectivity index (χ2v) is 7.59. The third-order valence-corrected chi connectivity index (χ3v) is 4.65. The van der Waals surface area contributed by atoms with Crippen molar-refractivity contribution in [2.45, 2.75) is 19.3 Å². The number of hydrogen-bond donors (Lipinski definition) is 1. The summed E-state index contributed by atoms with van der Waals surface area (Å²) < 4.78 is 22.7. The Hall–Kier alpha value is -1.36. The van der Waals surface area contributed by atoms with Gasteiger partial charge < -0.3 is 5.32 Å². The predicted octanol–water partition coefficient (Wildman–Crippen LogP) is 1.17. The Kier molecular flexibility index (Phi) is 3.94. The van der Waals surface area contributed by atoms with Gasteiger partial charge in [-0.15, -0.1) is 0 Å². The molecule has 1 aliphatic rings. The Morgan fingerprint density at radius 3 is 2.47 bits per heavy atom. The maximum atomic E-state index is 12.1. The molecule has 0 radical (unpaired) electrons. The molecule has 1 aromatic carbocycles. The monoisotopic (exact) mass is 281 g/mol. The van der Waals surface area contributed by atoms with Gasteiger partial charge in [-0.2, -0.15) is 0 Å². The zero-order valence-electron chi connectivity index (χ0n) is 11.1. The molecule has 1 saturated heterocycles. The third kappa shape index (κ3) is 3.56. The first-order valence-electron chi connectivity index (χ1n) is 6.41. The number of carbonyl (C=O) groups excluding carboxylic acids is 1. The lowest BCUT2D eigenvalue weighted by atomic mass is 9.78. The standard InChI is InChI=1S/C14H19NO3S/c1-19(17,18)10-8-14(7-9-15-13(14)16)11-12-5-3-2-4-6-12/h2-6H,7-11H2,1H3,(H,15,16). The van der Waals surface area contributed by atoms with E-state index in [0.717, 1.165) is 5.56 Å². The van der Waals surface area contributed by atoms with Gasteiger partial charge in [0.2, 0.25) is 5.91 Å². The predicted molar refractivity (Wildman–Crippen MR) is 74.5 cm³/mol. The zero-order valence-corrected chi connectivity index (χ0v) is 11.9. The fraction of sp³-hybridized carbons (Fsp3) is 0.500. The Balaban J connectivity index is 2.18. The van der Waals surface area contributed by atoms with E-state index in [1.54, 1.807) is 0 Å². The van der Waals surface area contributed by atoms with Crippen LogP contribution in [0.25, 0.3) is 0 Å². The van der Waals surface area contributed by atoms with Crippen LogP contribution in [-0.4, -0.2) is 32.9 Å². The van der Waals surface area contributed by atoms with Crippen LogP contribution in [0.4, 0.5) is 0 Å². The van der Waals surface area contributed by atoms with Crippen molar-refractivity contribution in [2.24, 2.45) is 5.41 Å². The van der Waals surface area contributed by atoms with E-state index in [1.165, 1.54) is 6.26 Å². The lowest BCUT2D eigenvalue weighted by Crippen LogP contribution is -2.35. The van der Waals surface area contributed by atoms with Gasteiger partial charge in [-0.25, -0.2) is 8.42 Å². The van der Waals surface area contributed by atoms with Crippen LogP contribution in [0.2, 0.25) is 0 Å². The largest absolute Gasteiger partial charge is 0.356 e. The summed E-state index contributed by atoms with van der Waals surface area (Å²) in [6.07, 6.45) is 2.92. The number of sulfone groups is 1. The molecule has 4 nitrogen and oxygen atoms in total. The molecule has 1 atom stereocenters. The van der Waals surface area contributed by atoms with Crippen LogP contribution in [0.3, 0.4) is 0 Å². The second-order valence-electron chi connectivity index (χ2n) is 5.33. The van der Waals surface area contributed by atoms with Gasteiger partial charge in [0.15, 0.2) is 0 Å². The van der Waals surface area contributed by atoms with Crippen LogP contribution in [0.1, 0.15) is 18.4 Å². The van der Waals surface area contributed by atoms with Crippen LogP contribution < -0.4 is 5.32 Å². The van der Waals surface area contributed by atoms with E-state index in [-0.39, 0.29) is 11.7 Å². The van der Waals surface area contributed by atoms with Crippen molar-refractivity contribution in [1.82, 2.24) is 5.32 Å². The quantitative estimate of drug-likeness (QED) is 0.881. The van der Waals surface area contributed by atoms with E-state index < -0.39 is 15.3 Å². The van der Waals surface area contributed by atoms with Crippen molar-refractivity contribution in [3.8, 4) is 0 Å². The van der Waals surface area contributed by atoms with E-state index in [0.29, 0.717) is 25.8 Å². The van der Waals surface area contributed by atoms with Crippen molar-refractivity contribution >= 4 is 15.7 Å². The third-order valence-electron chi connectivity index (χ3n) is 3.71.